The van der Waals surface area contributed by atoms with Gasteiger partial charge in [-0.05, 0) is 39.9 Å². The van der Waals surface area contributed by atoms with Gasteiger partial charge in [0.2, 0.25) is 0 Å². The highest BCUT2D eigenvalue weighted by molar-refractivity contribution is 5.70. The van der Waals surface area contributed by atoms with Crippen LogP contribution < -0.4 is 0 Å². The third-order valence-corrected chi connectivity index (χ3v) is 3.38. The van der Waals surface area contributed by atoms with E-state index in [4.69, 9.17) is 0 Å². The Morgan fingerprint density at radius 1 is 0.600 bits per heavy atom. The average Bonchev–Trinajstić information content (AvgIpc) is 2.56. The molecule has 0 saturated heterocycles. The Bertz CT molecular complexity index is 695. The molecule has 1 aromatic heterocycles. The molecule has 1 nitrogen and oxygen atoms in total. The van der Waals surface area contributed by atoms with Crippen LogP contribution in [0.15, 0.2) is 79.6 Å². The predicted octanol–water partition coefficient (Wildman–Crippen LogP) is 5.06. The van der Waals surface area contributed by atoms with Crippen molar-refractivity contribution in [3.05, 3.63) is 85.2 Å². The van der Waals surface area contributed by atoms with Crippen LogP contribution in [0.3, 0.4) is 0 Å². The quantitative estimate of drug-likeness (QED) is 0.639. The number of nitrogens with zero attached hydrogens (tertiary/aromatic N) is 1. The molecule has 1 heterocycles. The van der Waals surface area contributed by atoms with E-state index in [1.165, 1.54) is 22.3 Å². The summed E-state index contributed by atoms with van der Waals surface area (Å²) in [6.07, 6.45) is 5.49. The van der Waals surface area contributed by atoms with Crippen LogP contribution in [-0.2, 0) is 0 Å². The highest BCUT2D eigenvalue weighted by Crippen LogP contribution is 2.24. The SMILES string of the molecule is C=Cc1ccc(-c2ccc(-c3ccncc3)cc2)cc1. The van der Waals surface area contributed by atoms with Crippen LogP contribution in [0.2, 0.25) is 0 Å². The predicted molar refractivity (Wildman–Crippen MR) is 85.2 cm³/mol. The Kier molecular flexibility index (Phi) is 3.42. The summed E-state index contributed by atoms with van der Waals surface area (Å²) in [4.78, 5) is 4.04. The Morgan fingerprint density at radius 3 is 1.45 bits per heavy atom. The minimum atomic E-state index is 1.14. The molecule has 0 radical (unpaired) electrons. The minimum Gasteiger partial charge on any atom is -0.265 e. The van der Waals surface area contributed by atoms with Crippen molar-refractivity contribution in [2.45, 2.75) is 0 Å². The van der Waals surface area contributed by atoms with E-state index in [1.807, 2.05) is 30.6 Å². The molecule has 96 valence electrons. The molecule has 0 N–H and O–H groups in total. The monoisotopic (exact) mass is 257 g/mol. The van der Waals surface area contributed by atoms with Gasteiger partial charge in [-0.15, -0.1) is 0 Å². The van der Waals surface area contributed by atoms with Gasteiger partial charge in [0.1, 0.15) is 0 Å². The van der Waals surface area contributed by atoms with Gasteiger partial charge >= 0.3 is 0 Å². The third-order valence-electron chi connectivity index (χ3n) is 3.38. The van der Waals surface area contributed by atoms with Crippen LogP contribution in [0, 0.1) is 0 Å². The zero-order valence-electron chi connectivity index (χ0n) is 11.2. The van der Waals surface area contributed by atoms with Crippen LogP contribution in [0.4, 0.5) is 0 Å². The number of pyridine rings is 1. The van der Waals surface area contributed by atoms with Gasteiger partial charge in [-0.2, -0.15) is 0 Å². The van der Waals surface area contributed by atoms with E-state index in [-0.39, 0.29) is 0 Å². The summed E-state index contributed by atoms with van der Waals surface area (Å²) in [6.45, 7) is 3.77. The van der Waals surface area contributed by atoms with Crippen LogP contribution in [-0.4, -0.2) is 4.98 Å². The van der Waals surface area contributed by atoms with Gasteiger partial charge in [0.05, 0.1) is 0 Å². The summed E-state index contributed by atoms with van der Waals surface area (Å²) in [5.74, 6) is 0. The number of rotatable bonds is 3. The smallest absolute Gasteiger partial charge is 0.0273 e. The van der Waals surface area contributed by atoms with Gasteiger partial charge in [0, 0.05) is 12.4 Å². The summed E-state index contributed by atoms with van der Waals surface area (Å²) in [5.41, 5.74) is 5.98. The molecule has 3 rings (SSSR count). The number of benzene rings is 2. The second-order valence-electron chi connectivity index (χ2n) is 4.64. The molecule has 1 heteroatoms. The van der Waals surface area contributed by atoms with E-state index < -0.39 is 0 Å². The van der Waals surface area contributed by atoms with Gasteiger partial charge in [-0.25, -0.2) is 0 Å². The van der Waals surface area contributed by atoms with Crippen LogP contribution in [0.5, 0.6) is 0 Å². The lowest BCUT2D eigenvalue weighted by Crippen LogP contribution is -1.81. The molecule has 3 aromatic rings. The molecule has 0 amide bonds. The summed E-state index contributed by atoms with van der Waals surface area (Å²) >= 11 is 0. The van der Waals surface area contributed by atoms with E-state index in [0.717, 1.165) is 5.56 Å². The molecule has 0 atom stereocenters. The van der Waals surface area contributed by atoms with Gasteiger partial charge in [-0.1, -0.05) is 61.2 Å². The molecular formula is C19H15N. The minimum absolute atomic E-state index is 1.14. The summed E-state index contributed by atoms with van der Waals surface area (Å²) < 4.78 is 0. The van der Waals surface area contributed by atoms with Gasteiger partial charge in [0.15, 0.2) is 0 Å². The van der Waals surface area contributed by atoms with Gasteiger partial charge in [0.25, 0.3) is 0 Å². The van der Waals surface area contributed by atoms with Crippen LogP contribution >= 0.6 is 0 Å². The molecule has 0 aliphatic rings. The fraction of sp³-hybridized carbons (Fsp3) is 0. The van der Waals surface area contributed by atoms with E-state index in [9.17, 15) is 0 Å². The van der Waals surface area contributed by atoms with Crippen molar-refractivity contribution in [3.63, 3.8) is 0 Å². The van der Waals surface area contributed by atoms with Crippen molar-refractivity contribution in [1.29, 1.82) is 0 Å². The second-order valence-corrected chi connectivity index (χ2v) is 4.64. The molecule has 0 fully saturated rings. The lowest BCUT2D eigenvalue weighted by Gasteiger charge is -2.05. The van der Waals surface area contributed by atoms with Crippen molar-refractivity contribution < 1.29 is 0 Å². The lowest BCUT2D eigenvalue weighted by molar-refractivity contribution is 1.33. The first-order chi connectivity index (χ1) is 9.86. The number of aromatic nitrogens is 1. The molecule has 0 aliphatic carbocycles. The fourth-order valence-electron chi connectivity index (χ4n) is 2.21. The summed E-state index contributed by atoms with van der Waals surface area (Å²) in [6, 6.07) is 21.0. The van der Waals surface area contributed by atoms with Gasteiger partial charge < -0.3 is 0 Å². The second kappa shape index (κ2) is 5.54. The third kappa shape index (κ3) is 2.52. The molecular weight excluding hydrogens is 242 g/mol. The van der Waals surface area contributed by atoms with E-state index in [1.54, 1.807) is 0 Å². The Hall–Kier alpha value is -2.67. The zero-order valence-corrected chi connectivity index (χ0v) is 11.2. The normalized spacial score (nSPS) is 10.2. The molecule has 0 unspecified atom stereocenters. The van der Waals surface area contributed by atoms with Gasteiger partial charge in [-0.3, -0.25) is 4.98 Å². The summed E-state index contributed by atoms with van der Waals surface area (Å²) in [7, 11) is 0. The molecule has 0 spiro atoms. The molecule has 20 heavy (non-hydrogen) atoms. The average molecular weight is 257 g/mol. The van der Waals surface area contributed by atoms with E-state index in [0.29, 0.717) is 0 Å². The maximum absolute atomic E-state index is 4.04. The van der Waals surface area contributed by atoms with Crippen molar-refractivity contribution in [2.24, 2.45) is 0 Å². The maximum Gasteiger partial charge on any atom is 0.0273 e. The van der Waals surface area contributed by atoms with Crippen LogP contribution in [0.1, 0.15) is 5.56 Å². The lowest BCUT2D eigenvalue weighted by atomic mass is 10.0. The first kappa shape index (κ1) is 12.4. The van der Waals surface area contributed by atoms with Crippen molar-refractivity contribution in [1.82, 2.24) is 4.98 Å². The molecule has 0 aliphatic heterocycles. The largest absolute Gasteiger partial charge is 0.265 e. The van der Waals surface area contributed by atoms with E-state index in [2.05, 4.69) is 60.1 Å². The maximum atomic E-state index is 4.04. The van der Waals surface area contributed by atoms with Crippen molar-refractivity contribution in [3.8, 4) is 22.3 Å². The van der Waals surface area contributed by atoms with Crippen LogP contribution in [0.25, 0.3) is 28.3 Å². The Labute approximate surface area is 119 Å². The van der Waals surface area contributed by atoms with Crippen molar-refractivity contribution in [2.75, 3.05) is 0 Å². The zero-order chi connectivity index (χ0) is 13.8. The van der Waals surface area contributed by atoms with Crippen molar-refractivity contribution >= 4 is 6.08 Å². The highest BCUT2D eigenvalue weighted by atomic mass is 14.6. The first-order valence-electron chi connectivity index (χ1n) is 6.60. The highest BCUT2D eigenvalue weighted by Gasteiger charge is 2.00. The molecule has 2 aromatic carbocycles. The number of hydrogen-bond acceptors (Lipinski definition) is 1. The van der Waals surface area contributed by atoms with E-state index >= 15 is 0 Å². The topological polar surface area (TPSA) is 12.9 Å². The summed E-state index contributed by atoms with van der Waals surface area (Å²) in [5, 5.41) is 0. The molecule has 0 bridgehead atoms. The fourth-order valence-corrected chi connectivity index (χ4v) is 2.21. The Balaban J connectivity index is 1.91. The number of hydrogen-bond donors (Lipinski definition) is 0. The first-order valence-corrected chi connectivity index (χ1v) is 6.60. The standard InChI is InChI=1S/C19H15N/c1-2-15-3-5-16(6-4-15)17-7-9-18(10-8-17)19-11-13-20-14-12-19/h2-14H,1H2. The molecule has 0 saturated carbocycles. The Morgan fingerprint density at radius 2 is 1.00 bits per heavy atom.